The van der Waals surface area contributed by atoms with Gasteiger partial charge >= 0.3 is 11.9 Å². The number of carbonyl (C=O) groups excluding carboxylic acids is 1. The zero-order valence-electron chi connectivity index (χ0n) is 13.5. The maximum absolute atomic E-state index is 12.1. The van der Waals surface area contributed by atoms with Crippen molar-refractivity contribution in [2.24, 2.45) is 11.3 Å². The van der Waals surface area contributed by atoms with Crippen LogP contribution in [0.25, 0.3) is 0 Å². The van der Waals surface area contributed by atoms with Gasteiger partial charge in [0, 0.05) is 26.9 Å². The Hall–Kier alpha value is -1.14. The van der Waals surface area contributed by atoms with E-state index in [4.69, 9.17) is 14.2 Å². The quantitative estimate of drug-likeness (QED) is 0.338. The van der Waals surface area contributed by atoms with Crippen LogP contribution in [0.5, 0.6) is 0 Å². The first-order valence-electron chi connectivity index (χ1n) is 7.38. The molecule has 0 aliphatic carbocycles. The first kappa shape index (κ1) is 19.9. The van der Waals surface area contributed by atoms with Crippen molar-refractivity contribution in [3.05, 3.63) is 0 Å². The summed E-state index contributed by atoms with van der Waals surface area (Å²) in [5.41, 5.74) is -1.52. The number of esters is 1. The Balaban J connectivity index is 4.69. The van der Waals surface area contributed by atoms with Crippen LogP contribution in [0.3, 0.4) is 0 Å². The largest absolute Gasteiger partial charge is 0.480 e. The lowest BCUT2D eigenvalue weighted by atomic mass is 9.77. The second-order valence-electron chi connectivity index (χ2n) is 5.41. The second-order valence-corrected chi connectivity index (χ2v) is 5.41. The van der Waals surface area contributed by atoms with E-state index in [0.717, 1.165) is 6.42 Å². The van der Waals surface area contributed by atoms with Crippen LogP contribution in [-0.4, -0.2) is 50.6 Å². The summed E-state index contributed by atoms with van der Waals surface area (Å²) in [7, 11) is 1.61. The van der Waals surface area contributed by atoms with Crippen molar-refractivity contribution in [2.45, 2.75) is 40.0 Å². The minimum atomic E-state index is -1.52. The Morgan fingerprint density at radius 2 is 1.86 bits per heavy atom. The smallest absolute Gasteiger partial charge is 0.323 e. The van der Waals surface area contributed by atoms with Gasteiger partial charge in [0.15, 0.2) is 5.41 Å². The van der Waals surface area contributed by atoms with Gasteiger partial charge in [-0.3, -0.25) is 9.59 Å². The van der Waals surface area contributed by atoms with Gasteiger partial charge in [0.05, 0.1) is 6.61 Å². The van der Waals surface area contributed by atoms with Crippen LogP contribution in [0, 0.1) is 11.3 Å². The van der Waals surface area contributed by atoms with Gasteiger partial charge in [-0.15, -0.1) is 0 Å². The molecule has 0 heterocycles. The number of aliphatic carboxylic acids is 1. The fourth-order valence-corrected chi connectivity index (χ4v) is 2.19. The Bertz CT molecular complexity index is 315. The molecule has 0 saturated heterocycles. The van der Waals surface area contributed by atoms with Gasteiger partial charge in [-0.25, -0.2) is 0 Å². The van der Waals surface area contributed by atoms with Crippen LogP contribution in [0.1, 0.15) is 40.0 Å². The number of carboxylic acids is 1. The molecule has 0 aromatic heterocycles. The lowest BCUT2D eigenvalue weighted by Crippen LogP contribution is -2.43. The molecule has 21 heavy (non-hydrogen) atoms. The van der Waals surface area contributed by atoms with Crippen LogP contribution in [0.2, 0.25) is 0 Å². The van der Waals surface area contributed by atoms with Crippen LogP contribution >= 0.6 is 0 Å². The molecule has 0 fully saturated rings. The van der Waals surface area contributed by atoms with Gasteiger partial charge in [-0.1, -0.05) is 13.8 Å². The molecule has 1 atom stereocenters. The number of ether oxygens (including phenoxy) is 3. The van der Waals surface area contributed by atoms with E-state index in [-0.39, 0.29) is 32.0 Å². The maximum Gasteiger partial charge on any atom is 0.323 e. The highest BCUT2D eigenvalue weighted by Crippen LogP contribution is 2.33. The summed E-state index contributed by atoms with van der Waals surface area (Å²) in [6.07, 6.45) is 1.09. The average molecular weight is 304 g/mol. The van der Waals surface area contributed by atoms with Crippen molar-refractivity contribution in [1.82, 2.24) is 0 Å². The van der Waals surface area contributed by atoms with E-state index < -0.39 is 17.4 Å². The number of hydrogen-bond acceptors (Lipinski definition) is 5. The average Bonchev–Trinajstić information content (AvgIpc) is 2.40. The van der Waals surface area contributed by atoms with E-state index in [2.05, 4.69) is 0 Å². The minimum absolute atomic E-state index is 0.0685. The second kappa shape index (κ2) is 10.6. The van der Waals surface area contributed by atoms with Crippen LogP contribution in [0.15, 0.2) is 0 Å². The Labute approximate surface area is 126 Å². The monoisotopic (exact) mass is 304 g/mol. The zero-order chi connectivity index (χ0) is 16.3. The van der Waals surface area contributed by atoms with Gasteiger partial charge in [0.2, 0.25) is 0 Å². The summed E-state index contributed by atoms with van der Waals surface area (Å²) >= 11 is 0. The number of carbonyl (C=O) groups is 2. The van der Waals surface area contributed by atoms with Crippen molar-refractivity contribution in [1.29, 1.82) is 0 Å². The summed E-state index contributed by atoms with van der Waals surface area (Å²) in [5, 5.41) is 9.53. The summed E-state index contributed by atoms with van der Waals surface area (Å²) in [5.74, 6) is -1.75. The first-order chi connectivity index (χ1) is 9.90. The fourth-order valence-electron chi connectivity index (χ4n) is 2.19. The molecule has 0 aromatic carbocycles. The van der Waals surface area contributed by atoms with E-state index in [1.807, 2.05) is 13.8 Å². The molecule has 1 unspecified atom stereocenters. The third-order valence-corrected chi connectivity index (χ3v) is 3.14. The van der Waals surface area contributed by atoms with Crippen molar-refractivity contribution >= 4 is 11.9 Å². The summed E-state index contributed by atoms with van der Waals surface area (Å²) in [4.78, 5) is 23.8. The number of methoxy groups -OCH3 is 1. The third-order valence-electron chi connectivity index (χ3n) is 3.14. The molecule has 1 N–H and O–H groups in total. The third kappa shape index (κ3) is 6.91. The van der Waals surface area contributed by atoms with Crippen molar-refractivity contribution in [2.75, 3.05) is 33.5 Å². The van der Waals surface area contributed by atoms with E-state index in [1.165, 1.54) is 0 Å². The highest BCUT2D eigenvalue weighted by Gasteiger charge is 2.47. The van der Waals surface area contributed by atoms with Crippen LogP contribution in [0.4, 0.5) is 0 Å². The molecule has 0 spiro atoms. The standard InChI is InChI=1S/C15H28O6/c1-5-21-14(18)15(13(16)17,11-12(2)3)7-10-20-9-6-8-19-4/h12H,5-11H2,1-4H3,(H,16,17). The van der Waals surface area contributed by atoms with Crippen molar-refractivity contribution in [3.63, 3.8) is 0 Å². The topological polar surface area (TPSA) is 82.1 Å². The molecule has 0 aromatic rings. The lowest BCUT2D eigenvalue weighted by molar-refractivity contribution is -0.171. The molecular formula is C15H28O6. The molecule has 0 saturated carbocycles. The molecule has 124 valence electrons. The number of rotatable bonds is 12. The van der Waals surface area contributed by atoms with E-state index in [9.17, 15) is 14.7 Å². The van der Waals surface area contributed by atoms with Gasteiger partial charge in [0.25, 0.3) is 0 Å². The van der Waals surface area contributed by atoms with E-state index >= 15 is 0 Å². The van der Waals surface area contributed by atoms with Crippen molar-refractivity contribution in [3.8, 4) is 0 Å². The zero-order valence-corrected chi connectivity index (χ0v) is 13.5. The van der Waals surface area contributed by atoms with E-state index in [1.54, 1.807) is 14.0 Å². The van der Waals surface area contributed by atoms with Gasteiger partial charge in [-0.2, -0.15) is 0 Å². The predicted octanol–water partition coefficient (Wildman–Crippen LogP) is 2.11. The fraction of sp³-hybridized carbons (Fsp3) is 0.867. The molecule has 0 radical (unpaired) electrons. The summed E-state index contributed by atoms with van der Waals surface area (Å²) in [6.45, 7) is 6.89. The molecule has 6 nitrogen and oxygen atoms in total. The summed E-state index contributed by atoms with van der Waals surface area (Å²) < 4.78 is 15.3. The lowest BCUT2D eigenvalue weighted by Gasteiger charge is -2.28. The molecule has 0 rings (SSSR count). The molecule has 6 heteroatoms. The Kier molecular flexibility index (Phi) is 9.99. The molecule has 0 amide bonds. The highest BCUT2D eigenvalue weighted by molar-refractivity contribution is 5.99. The number of carboxylic acid groups (broad SMARTS) is 1. The van der Waals surface area contributed by atoms with Crippen LogP contribution < -0.4 is 0 Å². The van der Waals surface area contributed by atoms with Gasteiger partial charge in [0.1, 0.15) is 0 Å². The Morgan fingerprint density at radius 3 is 2.33 bits per heavy atom. The maximum atomic E-state index is 12.1. The van der Waals surface area contributed by atoms with Crippen LogP contribution in [-0.2, 0) is 23.8 Å². The van der Waals surface area contributed by atoms with Gasteiger partial charge in [-0.05, 0) is 32.1 Å². The molecule has 0 bridgehead atoms. The predicted molar refractivity (Wildman–Crippen MR) is 78.1 cm³/mol. The minimum Gasteiger partial charge on any atom is -0.480 e. The molecule has 0 aliphatic heterocycles. The molecule has 0 aliphatic rings. The van der Waals surface area contributed by atoms with Gasteiger partial charge < -0.3 is 19.3 Å². The van der Waals surface area contributed by atoms with E-state index in [0.29, 0.717) is 13.2 Å². The SMILES string of the molecule is CCOC(=O)C(CCOCCCOC)(CC(C)C)C(=O)O. The molecular weight excluding hydrogens is 276 g/mol. The van der Waals surface area contributed by atoms with Crippen molar-refractivity contribution < 1.29 is 28.9 Å². The normalized spacial score (nSPS) is 14.0. The highest BCUT2D eigenvalue weighted by atomic mass is 16.5. The number of hydrogen-bond donors (Lipinski definition) is 1. The Morgan fingerprint density at radius 1 is 1.19 bits per heavy atom. The first-order valence-corrected chi connectivity index (χ1v) is 7.38. The summed E-state index contributed by atoms with van der Waals surface area (Å²) in [6, 6.07) is 0.